The van der Waals surface area contributed by atoms with Crippen LogP contribution in [-0.2, 0) is 19.1 Å². The van der Waals surface area contributed by atoms with Crippen LogP contribution in [0.2, 0.25) is 5.02 Å². The molecule has 1 rings (SSSR count). The van der Waals surface area contributed by atoms with E-state index < -0.39 is 11.9 Å². The predicted molar refractivity (Wildman–Crippen MR) is 67.8 cm³/mol. The quantitative estimate of drug-likeness (QED) is 0.479. The van der Waals surface area contributed by atoms with Gasteiger partial charge in [0.2, 0.25) is 5.76 Å². The molecule has 0 atom stereocenters. The van der Waals surface area contributed by atoms with Crippen LogP contribution in [-0.4, -0.2) is 18.5 Å². The highest BCUT2D eigenvalue weighted by Gasteiger charge is 2.14. The molecular formula is C13H13ClO4. The molecule has 0 heterocycles. The van der Waals surface area contributed by atoms with Gasteiger partial charge in [-0.05, 0) is 30.7 Å². The van der Waals surface area contributed by atoms with Gasteiger partial charge in [-0.3, -0.25) is 4.79 Å². The third kappa shape index (κ3) is 4.59. The molecule has 0 amide bonds. The molecule has 0 radical (unpaired) electrons. The van der Waals surface area contributed by atoms with Gasteiger partial charge >= 0.3 is 11.9 Å². The zero-order valence-corrected chi connectivity index (χ0v) is 10.9. The van der Waals surface area contributed by atoms with Crippen molar-refractivity contribution in [1.82, 2.24) is 0 Å². The van der Waals surface area contributed by atoms with Crippen molar-refractivity contribution >= 4 is 29.6 Å². The maximum absolute atomic E-state index is 11.6. The van der Waals surface area contributed by atoms with E-state index in [-0.39, 0.29) is 12.4 Å². The summed E-state index contributed by atoms with van der Waals surface area (Å²) in [6.45, 7) is 3.10. The number of hydrogen-bond donors (Lipinski definition) is 0. The average molecular weight is 269 g/mol. The molecule has 1 aromatic carbocycles. The lowest BCUT2D eigenvalue weighted by Gasteiger charge is -2.06. The van der Waals surface area contributed by atoms with Gasteiger partial charge in [0.25, 0.3) is 0 Å². The lowest BCUT2D eigenvalue weighted by molar-refractivity contribution is -0.149. The third-order valence-corrected chi connectivity index (χ3v) is 2.15. The number of carbonyl (C=O) groups is 2. The highest BCUT2D eigenvalue weighted by atomic mass is 35.5. The lowest BCUT2D eigenvalue weighted by atomic mass is 10.2. The fourth-order valence-corrected chi connectivity index (χ4v) is 1.32. The molecule has 0 N–H and O–H groups in total. The summed E-state index contributed by atoms with van der Waals surface area (Å²) in [4.78, 5) is 22.5. The van der Waals surface area contributed by atoms with Crippen LogP contribution in [0.4, 0.5) is 0 Å². The minimum atomic E-state index is -0.678. The smallest absolute Gasteiger partial charge is 0.374 e. The number of halogens is 1. The van der Waals surface area contributed by atoms with Crippen LogP contribution in [0.1, 0.15) is 19.4 Å². The Morgan fingerprint density at radius 1 is 1.28 bits per heavy atom. The number of rotatable bonds is 4. The van der Waals surface area contributed by atoms with E-state index in [2.05, 4.69) is 0 Å². The van der Waals surface area contributed by atoms with Crippen LogP contribution < -0.4 is 0 Å². The second kappa shape index (κ2) is 6.81. The molecule has 96 valence electrons. The Kier molecular flexibility index (Phi) is 5.39. The van der Waals surface area contributed by atoms with E-state index in [9.17, 15) is 9.59 Å². The van der Waals surface area contributed by atoms with Crippen LogP contribution in [0, 0.1) is 0 Å². The van der Waals surface area contributed by atoms with E-state index in [1.165, 1.54) is 13.0 Å². The summed E-state index contributed by atoms with van der Waals surface area (Å²) in [7, 11) is 0. The Labute approximate surface area is 110 Å². The molecule has 18 heavy (non-hydrogen) atoms. The van der Waals surface area contributed by atoms with Crippen molar-refractivity contribution in [2.75, 3.05) is 6.61 Å². The first kappa shape index (κ1) is 14.3. The second-order valence-electron chi connectivity index (χ2n) is 3.37. The Bertz CT molecular complexity index is 462. The average Bonchev–Trinajstić information content (AvgIpc) is 2.31. The summed E-state index contributed by atoms with van der Waals surface area (Å²) in [5.41, 5.74) is 0.684. The van der Waals surface area contributed by atoms with Gasteiger partial charge < -0.3 is 9.47 Å². The maximum Gasteiger partial charge on any atom is 0.374 e. The van der Waals surface area contributed by atoms with Crippen LogP contribution in [0.5, 0.6) is 0 Å². The molecule has 1 aromatic rings. The summed E-state index contributed by atoms with van der Waals surface area (Å²) in [5, 5.41) is 0.581. The molecule has 0 aliphatic carbocycles. The van der Waals surface area contributed by atoms with Crippen molar-refractivity contribution in [3.63, 3.8) is 0 Å². The molecule has 0 spiro atoms. The number of benzene rings is 1. The van der Waals surface area contributed by atoms with E-state index in [0.717, 1.165) is 0 Å². The minimum absolute atomic E-state index is 0.147. The Hall–Kier alpha value is -1.81. The number of ether oxygens (including phenoxy) is 2. The Balaban J connectivity index is 2.97. The third-order valence-electron chi connectivity index (χ3n) is 1.90. The molecule has 0 fully saturated rings. The molecule has 0 unspecified atom stereocenters. The zero-order chi connectivity index (χ0) is 13.5. The lowest BCUT2D eigenvalue weighted by Crippen LogP contribution is -2.12. The van der Waals surface area contributed by atoms with Gasteiger partial charge in [-0.2, -0.15) is 0 Å². The van der Waals surface area contributed by atoms with Crippen molar-refractivity contribution in [2.24, 2.45) is 0 Å². The number of hydrogen-bond acceptors (Lipinski definition) is 4. The molecule has 5 heteroatoms. The monoisotopic (exact) mass is 268 g/mol. The summed E-state index contributed by atoms with van der Waals surface area (Å²) in [5.74, 6) is -1.41. The number of carbonyl (C=O) groups excluding carboxylic acids is 2. The van der Waals surface area contributed by atoms with Gasteiger partial charge in [0.15, 0.2) is 0 Å². The van der Waals surface area contributed by atoms with Crippen molar-refractivity contribution in [2.45, 2.75) is 13.8 Å². The first-order valence-electron chi connectivity index (χ1n) is 5.35. The van der Waals surface area contributed by atoms with E-state index >= 15 is 0 Å². The van der Waals surface area contributed by atoms with Crippen molar-refractivity contribution < 1.29 is 19.1 Å². The van der Waals surface area contributed by atoms with Crippen LogP contribution in [0.25, 0.3) is 6.08 Å². The van der Waals surface area contributed by atoms with Gasteiger partial charge in [0.1, 0.15) is 0 Å². The van der Waals surface area contributed by atoms with Crippen LogP contribution >= 0.6 is 11.6 Å². The summed E-state index contributed by atoms with van der Waals surface area (Å²) in [6.07, 6.45) is 1.43. The van der Waals surface area contributed by atoms with Crippen LogP contribution in [0.3, 0.4) is 0 Å². The normalized spacial score (nSPS) is 10.9. The Morgan fingerprint density at radius 2 is 1.89 bits per heavy atom. The van der Waals surface area contributed by atoms with Crippen molar-refractivity contribution in [3.8, 4) is 0 Å². The molecule has 0 aromatic heterocycles. The summed E-state index contributed by atoms with van der Waals surface area (Å²) in [6, 6.07) is 6.74. The highest BCUT2D eigenvalue weighted by molar-refractivity contribution is 6.30. The standard InChI is InChI=1S/C13H13ClO4/c1-3-17-13(16)12(18-9(2)15)8-10-4-6-11(14)7-5-10/h4-8H,3H2,1-2H3. The first-order valence-corrected chi connectivity index (χ1v) is 5.73. The molecular weight excluding hydrogens is 256 g/mol. The fourth-order valence-electron chi connectivity index (χ4n) is 1.20. The van der Waals surface area contributed by atoms with E-state index in [4.69, 9.17) is 21.1 Å². The molecule has 0 aliphatic heterocycles. The van der Waals surface area contributed by atoms with Gasteiger partial charge in [-0.1, -0.05) is 23.7 Å². The van der Waals surface area contributed by atoms with Gasteiger partial charge in [-0.25, -0.2) is 4.79 Å². The van der Waals surface area contributed by atoms with E-state index in [0.29, 0.717) is 10.6 Å². The summed E-state index contributed by atoms with van der Waals surface area (Å²) < 4.78 is 9.60. The predicted octanol–water partition coefficient (Wildman–Crippen LogP) is 2.81. The van der Waals surface area contributed by atoms with E-state index in [1.54, 1.807) is 31.2 Å². The fraction of sp³-hybridized carbons (Fsp3) is 0.231. The van der Waals surface area contributed by atoms with Gasteiger partial charge in [-0.15, -0.1) is 0 Å². The first-order chi connectivity index (χ1) is 8.52. The molecule has 4 nitrogen and oxygen atoms in total. The van der Waals surface area contributed by atoms with Gasteiger partial charge in [0.05, 0.1) is 6.61 Å². The maximum atomic E-state index is 11.6. The Morgan fingerprint density at radius 3 is 2.39 bits per heavy atom. The van der Waals surface area contributed by atoms with Crippen LogP contribution in [0.15, 0.2) is 30.0 Å². The molecule has 0 bridgehead atoms. The van der Waals surface area contributed by atoms with Crippen molar-refractivity contribution in [3.05, 3.63) is 40.6 Å². The SMILES string of the molecule is CCOC(=O)C(=Cc1ccc(Cl)cc1)OC(C)=O. The zero-order valence-electron chi connectivity index (χ0n) is 10.1. The van der Waals surface area contributed by atoms with E-state index in [1.807, 2.05) is 0 Å². The second-order valence-corrected chi connectivity index (χ2v) is 3.81. The largest absolute Gasteiger partial charge is 0.460 e. The number of esters is 2. The topological polar surface area (TPSA) is 52.6 Å². The molecule has 0 aliphatic rings. The molecule has 0 saturated carbocycles. The minimum Gasteiger partial charge on any atom is -0.460 e. The van der Waals surface area contributed by atoms with Crippen molar-refractivity contribution in [1.29, 1.82) is 0 Å². The highest BCUT2D eigenvalue weighted by Crippen LogP contribution is 2.14. The molecule has 0 saturated heterocycles. The van der Waals surface area contributed by atoms with Gasteiger partial charge in [0, 0.05) is 11.9 Å². The summed E-state index contributed by atoms with van der Waals surface area (Å²) >= 11 is 5.75.